The molecular weight excluding hydrogens is 276 g/mol. The number of amides is 1. The van der Waals surface area contributed by atoms with Crippen LogP contribution in [0.3, 0.4) is 0 Å². The molecule has 4 nitrogen and oxygen atoms in total. The Kier molecular flexibility index (Phi) is 5.70. The van der Waals surface area contributed by atoms with Gasteiger partial charge in [-0.2, -0.15) is 5.26 Å². The average Bonchev–Trinajstić information content (AvgIpc) is 2.59. The zero-order chi connectivity index (χ0) is 15.8. The van der Waals surface area contributed by atoms with E-state index in [0.717, 1.165) is 12.0 Å². The second-order valence-corrected chi connectivity index (χ2v) is 4.94. The van der Waals surface area contributed by atoms with Crippen molar-refractivity contribution in [2.75, 3.05) is 19.7 Å². The van der Waals surface area contributed by atoms with Crippen molar-refractivity contribution in [1.82, 2.24) is 4.90 Å². The van der Waals surface area contributed by atoms with Gasteiger partial charge in [-0.15, -0.1) is 0 Å². The van der Waals surface area contributed by atoms with Crippen molar-refractivity contribution in [3.8, 4) is 6.07 Å². The first-order chi connectivity index (χ1) is 10.7. The van der Waals surface area contributed by atoms with Gasteiger partial charge in [0.05, 0.1) is 18.2 Å². The molecule has 0 radical (unpaired) electrons. The van der Waals surface area contributed by atoms with Crippen molar-refractivity contribution >= 4 is 5.91 Å². The van der Waals surface area contributed by atoms with Crippen molar-refractivity contribution in [1.29, 1.82) is 5.26 Å². The largest absolute Gasteiger partial charge is 0.395 e. The number of nitriles is 1. The van der Waals surface area contributed by atoms with Crippen LogP contribution in [-0.4, -0.2) is 35.6 Å². The highest BCUT2D eigenvalue weighted by molar-refractivity contribution is 5.94. The highest BCUT2D eigenvalue weighted by Gasteiger charge is 2.15. The molecule has 1 amide bonds. The van der Waals surface area contributed by atoms with E-state index in [1.165, 1.54) is 0 Å². The van der Waals surface area contributed by atoms with Crippen LogP contribution in [0.5, 0.6) is 0 Å². The summed E-state index contributed by atoms with van der Waals surface area (Å²) in [4.78, 5) is 14.1. The number of rotatable bonds is 6. The van der Waals surface area contributed by atoms with E-state index >= 15 is 0 Å². The van der Waals surface area contributed by atoms with E-state index < -0.39 is 0 Å². The van der Waals surface area contributed by atoms with E-state index in [4.69, 9.17) is 5.26 Å². The van der Waals surface area contributed by atoms with Crippen LogP contribution < -0.4 is 0 Å². The predicted octanol–water partition coefficient (Wildman–Crippen LogP) is 2.24. The molecule has 0 fully saturated rings. The van der Waals surface area contributed by atoms with Gasteiger partial charge < -0.3 is 10.0 Å². The van der Waals surface area contributed by atoms with E-state index in [1.54, 1.807) is 29.2 Å². The number of benzene rings is 2. The van der Waals surface area contributed by atoms with E-state index in [-0.39, 0.29) is 19.1 Å². The smallest absolute Gasteiger partial charge is 0.253 e. The third kappa shape index (κ3) is 4.18. The molecule has 0 spiro atoms. The summed E-state index contributed by atoms with van der Waals surface area (Å²) in [7, 11) is 0. The summed E-state index contributed by atoms with van der Waals surface area (Å²) in [5.74, 6) is -0.165. The van der Waals surface area contributed by atoms with Gasteiger partial charge in [0.2, 0.25) is 0 Å². The number of aliphatic hydroxyl groups excluding tert-OH is 1. The number of hydrogen-bond acceptors (Lipinski definition) is 3. The molecule has 2 aromatic carbocycles. The Labute approximate surface area is 130 Å². The highest BCUT2D eigenvalue weighted by Crippen LogP contribution is 2.09. The van der Waals surface area contributed by atoms with Gasteiger partial charge in [0, 0.05) is 18.7 Å². The zero-order valence-corrected chi connectivity index (χ0v) is 12.3. The van der Waals surface area contributed by atoms with Crippen LogP contribution in [0.25, 0.3) is 0 Å². The SMILES string of the molecule is N#Cc1cccc(C(=O)N(CCO)CCc2ccccc2)c1. The molecule has 0 saturated heterocycles. The van der Waals surface area contributed by atoms with Gasteiger partial charge in [-0.3, -0.25) is 4.79 Å². The lowest BCUT2D eigenvalue weighted by molar-refractivity contribution is 0.0724. The third-order valence-electron chi connectivity index (χ3n) is 3.41. The second-order valence-electron chi connectivity index (χ2n) is 4.94. The molecule has 0 aliphatic heterocycles. The second kappa shape index (κ2) is 7.96. The van der Waals surface area contributed by atoms with Crippen LogP contribution in [0.1, 0.15) is 21.5 Å². The van der Waals surface area contributed by atoms with Gasteiger partial charge in [0.25, 0.3) is 5.91 Å². The monoisotopic (exact) mass is 294 g/mol. The normalized spacial score (nSPS) is 10.0. The van der Waals surface area contributed by atoms with Crippen molar-refractivity contribution in [2.45, 2.75) is 6.42 Å². The summed E-state index contributed by atoms with van der Waals surface area (Å²) in [5.41, 5.74) is 2.07. The lowest BCUT2D eigenvalue weighted by Crippen LogP contribution is -2.35. The van der Waals surface area contributed by atoms with Crippen molar-refractivity contribution in [3.63, 3.8) is 0 Å². The zero-order valence-electron chi connectivity index (χ0n) is 12.3. The number of carbonyl (C=O) groups is 1. The Balaban J connectivity index is 2.09. The van der Waals surface area contributed by atoms with E-state index in [9.17, 15) is 9.90 Å². The first-order valence-corrected chi connectivity index (χ1v) is 7.19. The summed E-state index contributed by atoms with van der Waals surface area (Å²) >= 11 is 0. The van der Waals surface area contributed by atoms with Crippen LogP contribution in [0.15, 0.2) is 54.6 Å². The Hall–Kier alpha value is -2.64. The lowest BCUT2D eigenvalue weighted by Gasteiger charge is -2.22. The van der Waals surface area contributed by atoms with E-state index in [0.29, 0.717) is 17.7 Å². The van der Waals surface area contributed by atoms with Crippen LogP contribution in [0, 0.1) is 11.3 Å². The summed E-state index contributed by atoms with van der Waals surface area (Å²) in [5, 5.41) is 18.1. The molecule has 0 aliphatic carbocycles. The van der Waals surface area contributed by atoms with E-state index in [2.05, 4.69) is 0 Å². The Morgan fingerprint density at radius 1 is 1.09 bits per heavy atom. The first kappa shape index (κ1) is 15.7. The molecule has 0 aliphatic rings. The van der Waals surface area contributed by atoms with Crippen molar-refractivity contribution in [2.24, 2.45) is 0 Å². The first-order valence-electron chi connectivity index (χ1n) is 7.19. The molecule has 0 bridgehead atoms. The number of aliphatic hydroxyl groups is 1. The third-order valence-corrected chi connectivity index (χ3v) is 3.41. The van der Waals surface area contributed by atoms with Crippen molar-refractivity contribution in [3.05, 3.63) is 71.3 Å². The highest BCUT2D eigenvalue weighted by atomic mass is 16.3. The standard InChI is InChI=1S/C18H18N2O2/c19-14-16-7-4-8-17(13-16)18(22)20(11-12-21)10-9-15-5-2-1-3-6-15/h1-8,13,21H,9-12H2. The van der Waals surface area contributed by atoms with Crippen LogP contribution in [-0.2, 0) is 6.42 Å². The number of nitrogens with zero attached hydrogens (tertiary/aromatic N) is 2. The van der Waals surface area contributed by atoms with Gasteiger partial charge in [-0.1, -0.05) is 36.4 Å². The fraction of sp³-hybridized carbons (Fsp3) is 0.222. The lowest BCUT2D eigenvalue weighted by atomic mass is 10.1. The minimum absolute atomic E-state index is 0.0849. The minimum atomic E-state index is -0.165. The Bertz CT molecular complexity index is 662. The van der Waals surface area contributed by atoms with Gasteiger partial charge in [0.1, 0.15) is 0 Å². The molecule has 1 N–H and O–H groups in total. The quantitative estimate of drug-likeness (QED) is 0.888. The maximum absolute atomic E-state index is 12.5. The van der Waals surface area contributed by atoms with Gasteiger partial charge in [-0.05, 0) is 30.2 Å². The topological polar surface area (TPSA) is 64.3 Å². The van der Waals surface area contributed by atoms with Crippen LogP contribution in [0.2, 0.25) is 0 Å². The molecule has 0 heterocycles. The molecule has 0 saturated carbocycles. The van der Waals surface area contributed by atoms with Gasteiger partial charge >= 0.3 is 0 Å². The Morgan fingerprint density at radius 2 is 1.86 bits per heavy atom. The fourth-order valence-electron chi connectivity index (χ4n) is 2.25. The van der Waals surface area contributed by atoms with Crippen molar-refractivity contribution < 1.29 is 9.90 Å². The fourth-order valence-corrected chi connectivity index (χ4v) is 2.25. The summed E-state index contributed by atoms with van der Waals surface area (Å²) in [6, 6.07) is 18.6. The number of carbonyl (C=O) groups excluding carboxylic acids is 1. The molecule has 112 valence electrons. The summed E-state index contributed by atoms with van der Waals surface area (Å²) < 4.78 is 0. The van der Waals surface area contributed by atoms with E-state index in [1.807, 2.05) is 36.4 Å². The number of hydrogen-bond donors (Lipinski definition) is 1. The molecule has 2 aromatic rings. The van der Waals surface area contributed by atoms with Gasteiger partial charge in [-0.25, -0.2) is 0 Å². The molecule has 4 heteroatoms. The summed E-state index contributed by atoms with van der Waals surface area (Å²) in [6.07, 6.45) is 0.727. The molecule has 0 aromatic heterocycles. The van der Waals surface area contributed by atoms with Gasteiger partial charge in [0.15, 0.2) is 0 Å². The van der Waals surface area contributed by atoms with Crippen LogP contribution >= 0.6 is 0 Å². The minimum Gasteiger partial charge on any atom is -0.395 e. The average molecular weight is 294 g/mol. The molecular formula is C18H18N2O2. The molecule has 0 atom stereocenters. The maximum atomic E-state index is 12.5. The summed E-state index contributed by atoms with van der Waals surface area (Å²) in [6.45, 7) is 0.723. The van der Waals surface area contributed by atoms with Crippen LogP contribution in [0.4, 0.5) is 0 Å². The Morgan fingerprint density at radius 3 is 2.55 bits per heavy atom. The maximum Gasteiger partial charge on any atom is 0.253 e. The predicted molar refractivity (Wildman–Crippen MR) is 84.3 cm³/mol. The molecule has 22 heavy (non-hydrogen) atoms. The molecule has 2 rings (SSSR count). The molecule has 0 unspecified atom stereocenters.